The Morgan fingerprint density at radius 1 is 0.763 bits per heavy atom. The minimum atomic E-state index is -0.665. The summed E-state index contributed by atoms with van der Waals surface area (Å²) in [6.45, 7) is 0. The van der Waals surface area contributed by atoms with Gasteiger partial charge in [0.25, 0.3) is 0 Å². The van der Waals surface area contributed by atoms with Crippen molar-refractivity contribution in [1.82, 2.24) is 0 Å². The molecule has 0 amide bonds. The Labute approximate surface area is 219 Å². The first kappa shape index (κ1) is 26.1. The van der Waals surface area contributed by atoms with Crippen molar-refractivity contribution >= 4 is 23.9 Å². The molecule has 0 atom stereocenters. The summed E-state index contributed by atoms with van der Waals surface area (Å²) in [5.74, 6) is 1.02. The third kappa shape index (κ3) is 5.39. The maximum atomic E-state index is 12.9. The number of benzene rings is 3. The standard InChI is InChI=1S/C28H25NO9/c1-32-19-9-7-17(8-10-19)26-29-20(28(31)38-26)12-16-6-11-21(22(13-16)33-2)37-27(30)18-14-23(34-3)25(36-5)24(15-18)35-4/h6-15H,1-5H3/b20-12-. The summed E-state index contributed by atoms with van der Waals surface area (Å²) >= 11 is 0. The number of rotatable bonds is 9. The summed E-state index contributed by atoms with van der Waals surface area (Å²) in [5.41, 5.74) is 1.51. The zero-order chi connectivity index (χ0) is 27.2. The van der Waals surface area contributed by atoms with Crippen molar-refractivity contribution in [3.8, 4) is 34.5 Å². The van der Waals surface area contributed by atoms with Crippen molar-refractivity contribution in [2.75, 3.05) is 35.5 Å². The lowest BCUT2D eigenvalue weighted by molar-refractivity contribution is -0.129. The van der Waals surface area contributed by atoms with Crippen LogP contribution in [0.3, 0.4) is 0 Å². The molecule has 0 saturated heterocycles. The van der Waals surface area contributed by atoms with E-state index in [0.717, 1.165) is 0 Å². The van der Waals surface area contributed by atoms with Crippen LogP contribution in [0, 0.1) is 0 Å². The molecule has 0 unspecified atom stereocenters. The fourth-order valence-electron chi connectivity index (χ4n) is 3.64. The molecule has 0 bridgehead atoms. The van der Waals surface area contributed by atoms with Gasteiger partial charge in [0.1, 0.15) is 5.75 Å². The molecule has 0 saturated carbocycles. The summed E-state index contributed by atoms with van der Waals surface area (Å²) < 4.78 is 37.3. The predicted molar refractivity (Wildman–Crippen MR) is 138 cm³/mol. The van der Waals surface area contributed by atoms with E-state index in [4.69, 9.17) is 33.2 Å². The lowest BCUT2D eigenvalue weighted by Gasteiger charge is -2.14. The Balaban J connectivity index is 1.57. The Bertz CT molecular complexity index is 1400. The highest BCUT2D eigenvalue weighted by molar-refractivity contribution is 6.12. The summed E-state index contributed by atoms with van der Waals surface area (Å²) in [7, 11) is 7.37. The van der Waals surface area contributed by atoms with Gasteiger partial charge in [-0.25, -0.2) is 14.6 Å². The molecule has 0 aromatic heterocycles. The van der Waals surface area contributed by atoms with E-state index in [1.165, 1.54) is 40.6 Å². The number of cyclic esters (lactones) is 1. The molecular formula is C28H25NO9. The first-order chi connectivity index (χ1) is 18.4. The third-order valence-electron chi connectivity index (χ3n) is 5.55. The van der Waals surface area contributed by atoms with Gasteiger partial charge in [-0.15, -0.1) is 0 Å². The minimum Gasteiger partial charge on any atom is -0.497 e. The topological polar surface area (TPSA) is 111 Å². The highest BCUT2D eigenvalue weighted by atomic mass is 16.6. The van der Waals surface area contributed by atoms with Crippen LogP contribution in [0.2, 0.25) is 0 Å². The molecule has 0 spiro atoms. The first-order valence-electron chi connectivity index (χ1n) is 11.3. The quantitative estimate of drug-likeness (QED) is 0.232. The predicted octanol–water partition coefficient (Wildman–Crippen LogP) is 4.29. The molecule has 10 nitrogen and oxygen atoms in total. The second-order valence-electron chi connectivity index (χ2n) is 7.78. The molecule has 10 heteroatoms. The molecule has 0 radical (unpaired) electrons. The van der Waals surface area contributed by atoms with Gasteiger partial charge >= 0.3 is 11.9 Å². The van der Waals surface area contributed by atoms with Crippen molar-refractivity contribution in [2.24, 2.45) is 4.99 Å². The van der Waals surface area contributed by atoms with Gasteiger partial charge in [-0.1, -0.05) is 6.07 Å². The number of methoxy groups -OCH3 is 5. The Morgan fingerprint density at radius 3 is 2.00 bits per heavy atom. The largest absolute Gasteiger partial charge is 0.497 e. The molecule has 0 fully saturated rings. The smallest absolute Gasteiger partial charge is 0.363 e. The number of nitrogens with zero attached hydrogens (tertiary/aromatic N) is 1. The van der Waals surface area contributed by atoms with Crippen LogP contribution in [-0.2, 0) is 9.53 Å². The summed E-state index contributed by atoms with van der Waals surface area (Å²) in [4.78, 5) is 29.6. The summed E-state index contributed by atoms with van der Waals surface area (Å²) in [5, 5.41) is 0. The molecule has 3 aromatic carbocycles. The fraction of sp³-hybridized carbons (Fsp3) is 0.179. The molecule has 196 valence electrons. The van der Waals surface area contributed by atoms with Gasteiger partial charge in [0, 0.05) is 5.56 Å². The second-order valence-corrected chi connectivity index (χ2v) is 7.78. The second kappa shape index (κ2) is 11.4. The number of carbonyl (C=O) groups is 2. The molecule has 4 rings (SSSR count). The van der Waals surface area contributed by atoms with E-state index in [0.29, 0.717) is 34.1 Å². The van der Waals surface area contributed by atoms with E-state index in [1.54, 1.807) is 55.7 Å². The number of hydrogen-bond donors (Lipinski definition) is 0. The number of carbonyl (C=O) groups excluding carboxylic acids is 2. The number of ether oxygens (including phenoxy) is 7. The lowest BCUT2D eigenvalue weighted by Crippen LogP contribution is -2.10. The lowest BCUT2D eigenvalue weighted by atomic mass is 10.1. The van der Waals surface area contributed by atoms with E-state index in [1.807, 2.05) is 0 Å². The van der Waals surface area contributed by atoms with Crippen LogP contribution in [0.25, 0.3) is 6.08 Å². The first-order valence-corrected chi connectivity index (χ1v) is 11.3. The minimum absolute atomic E-state index is 0.111. The van der Waals surface area contributed by atoms with Crippen molar-refractivity contribution in [3.05, 3.63) is 77.0 Å². The van der Waals surface area contributed by atoms with Gasteiger partial charge in [-0.3, -0.25) is 0 Å². The zero-order valence-electron chi connectivity index (χ0n) is 21.4. The van der Waals surface area contributed by atoms with Gasteiger partial charge in [0.2, 0.25) is 11.6 Å². The zero-order valence-corrected chi connectivity index (χ0v) is 21.4. The number of hydrogen-bond acceptors (Lipinski definition) is 10. The Hall–Kier alpha value is -4.99. The van der Waals surface area contributed by atoms with Crippen LogP contribution in [0.4, 0.5) is 0 Å². The third-order valence-corrected chi connectivity index (χ3v) is 5.55. The molecule has 1 heterocycles. The van der Waals surface area contributed by atoms with E-state index >= 15 is 0 Å². The summed E-state index contributed by atoms with van der Waals surface area (Å²) in [6, 6.07) is 14.8. The average Bonchev–Trinajstić information content (AvgIpc) is 3.32. The monoisotopic (exact) mass is 519 g/mol. The Kier molecular flexibility index (Phi) is 7.81. The maximum Gasteiger partial charge on any atom is 0.363 e. The number of esters is 2. The van der Waals surface area contributed by atoms with Gasteiger partial charge < -0.3 is 33.2 Å². The van der Waals surface area contributed by atoms with Crippen molar-refractivity contribution in [1.29, 1.82) is 0 Å². The maximum absolute atomic E-state index is 12.9. The van der Waals surface area contributed by atoms with E-state index in [2.05, 4.69) is 4.99 Å². The molecule has 1 aliphatic rings. The van der Waals surface area contributed by atoms with Crippen molar-refractivity contribution < 1.29 is 42.7 Å². The van der Waals surface area contributed by atoms with Crippen LogP contribution in [0.1, 0.15) is 21.5 Å². The van der Waals surface area contributed by atoms with Gasteiger partial charge in [0.05, 0.1) is 41.1 Å². The van der Waals surface area contributed by atoms with Gasteiger partial charge in [-0.2, -0.15) is 0 Å². The van der Waals surface area contributed by atoms with Crippen LogP contribution in [0.5, 0.6) is 34.5 Å². The Morgan fingerprint density at radius 2 is 1.42 bits per heavy atom. The number of aliphatic imine (C=N–C) groups is 1. The molecule has 0 aliphatic carbocycles. The highest BCUT2D eigenvalue weighted by Gasteiger charge is 2.25. The summed E-state index contributed by atoms with van der Waals surface area (Å²) in [6.07, 6.45) is 1.55. The normalized spacial score (nSPS) is 13.4. The van der Waals surface area contributed by atoms with Gasteiger partial charge in [0.15, 0.2) is 28.7 Å². The molecule has 0 N–H and O–H groups in total. The van der Waals surface area contributed by atoms with Crippen LogP contribution < -0.4 is 28.4 Å². The van der Waals surface area contributed by atoms with Crippen molar-refractivity contribution in [3.63, 3.8) is 0 Å². The molecule has 3 aromatic rings. The highest BCUT2D eigenvalue weighted by Crippen LogP contribution is 2.39. The molecule has 1 aliphatic heterocycles. The van der Waals surface area contributed by atoms with Crippen LogP contribution in [0.15, 0.2) is 65.3 Å². The van der Waals surface area contributed by atoms with E-state index in [9.17, 15) is 9.59 Å². The van der Waals surface area contributed by atoms with Gasteiger partial charge in [-0.05, 0) is 60.2 Å². The van der Waals surface area contributed by atoms with Crippen molar-refractivity contribution in [2.45, 2.75) is 0 Å². The molecular weight excluding hydrogens is 494 g/mol. The van der Waals surface area contributed by atoms with Crippen LogP contribution in [-0.4, -0.2) is 53.4 Å². The van der Waals surface area contributed by atoms with E-state index in [-0.39, 0.29) is 28.7 Å². The van der Waals surface area contributed by atoms with Crippen LogP contribution >= 0.6 is 0 Å². The average molecular weight is 520 g/mol. The SMILES string of the molecule is COc1ccc(C2=N/C(=C\c3ccc(OC(=O)c4cc(OC)c(OC)c(OC)c4)c(OC)c3)C(=O)O2)cc1. The van der Waals surface area contributed by atoms with E-state index < -0.39 is 11.9 Å². The fourth-order valence-corrected chi connectivity index (χ4v) is 3.64. The molecule has 38 heavy (non-hydrogen) atoms.